The van der Waals surface area contributed by atoms with Gasteiger partial charge in [-0.05, 0) is 25.7 Å². The number of amides is 2. The Kier molecular flexibility index (Phi) is 5.65. The fourth-order valence-corrected chi connectivity index (χ4v) is 1.31. The largest absolute Gasteiger partial charge is 0.396 e. The normalized spacial score (nSPS) is 13.8. The average molecular weight is 216 g/mol. The molecule has 0 aliphatic heterocycles. The molecule has 0 bridgehead atoms. The Morgan fingerprint density at radius 3 is 2.13 bits per heavy atom. The van der Waals surface area contributed by atoms with E-state index in [1.807, 2.05) is 34.6 Å². The number of aliphatic hydroxyl groups is 1. The molecule has 0 radical (unpaired) electrons. The summed E-state index contributed by atoms with van der Waals surface area (Å²) in [5, 5.41) is 14.6. The van der Waals surface area contributed by atoms with Gasteiger partial charge in [0.15, 0.2) is 0 Å². The van der Waals surface area contributed by atoms with Crippen molar-refractivity contribution in [2.45, 2.75) is 53.1 Å². The van der Waals surface area contributed by atoms with Gasteiger partial charge in [-0.2, -0.15) is 0 Å². The van der Waals surface area contributed by atoms with Gasteiger partial charge in [-0.3, -0.25) is 0 Å². The van der Waals surface area contributed by atoms with Crippen LogP contribution in [-0.4, -0.2) is 29.8 Å². The highest BCUT2D eigenvalue weighted by atomic mass is 16.3. The molecule has 0 rings (SSSR count). The van der Waals surface area contributed by atoms with Crippen molar-refractivity contribution >= 4 is 6.03 Å². The maximum absolute atomic E-state index is 11.5. The second-order valence-corrected chi connectivity index (χ2v) is 5.20. The molecule has 0 saturated heterocycles. The Morgan fingerprint density at radius 2 is 1.80 bits per heavy atom. The first-order valence-electron chi connectivity index (χ1n) is 5.45. The van der Waals surface area contributed by atoms with Crippen LogP contribution in [0.1, 0.15) is 41.0 Å². The minimum atomic E-state index is -0.168. The van der Waals surface area contributed by atoms with Crippen molar-refractivity contribution in [3.05, 3.63) is 0 Å². The number of urea groups is 1. The first kappa shape index (κ1) is 14.2. The average Bonchev–Trinajstić information content (AvgIpc) is 2.00. The van der Waals surface area contributed by atoms with Gasteiger partial charge < -0.3 is 15.7 Å². The second-order valence-electron chi connectivity index (χ2n) is 5.20. The maximum Gasteiger partial charge on any atom is 0.315 e. The minimum Gasteiger partial charge on any atom is -0.396 e. The Balaban J connectivity index is 4.23. The van der Waals surface area contributed by atoms with E-state index < -0.39 is 0 Å². The Hall–Kier alpha value is -0.770. The van der Waals surface area contributed by atoms with E-state index in [1.165, 1.54) is 0 Å². The summed E-state index contributed by atoms with van der Waals surface area (Å²) in [7, 11) is 0. The molecule has 0 fully saturated rings. The monoisotopic (exact) mass is 216 g/mol. The molecule has 0 spiro atoms. The number of nitrogens with one attached hydrogen (secondary N) is 2. The summed E-state index contributed by atoms with van der Waals surface area (Å²) < 4.78 is 0. The molecule has 2 amide bonds. The highest BCUT2D eigenvalue weighted by molar-refractivity contribution is 5.74. The second kappa shape index (κ2) is 5.95. The van der Waals surface area contributed by atoms with Gasteiger partial charge in [-0.15, -0.1) is 0 Å². The fraction of sp³-hybridized carbons (Fsp3) is 0.909. The SMILES string of the molecule is CC(C)NC(=O)NC(CCO)C(C)(C)C. The molecule has 0 aliphatic rings. The summed E-state index contributed by atoms with van der Waals surface area (Å²) in [4.78, 5) is 11.5. The maximum atomic E-state index is 11.5. The highest BCUT2D eigenvalue weighted by Crippen LogP contribution is 2.21. The van der Waals surface area contributed by atoms with E-state index in [9.17, 15) is 4.79 Å². The van der Waals surface area contributed by atoms with Crippen LogP contribution in [0.4, 0.5) is 4.79 Å². The number of aliphatic hydroxyl groups excluding tert-OH is 1. The smallest absolute Gasteiger partial charge is 0.315 e. The third-order valence-electron chi connectivity index (χ3n) is 2.19. The lowest BCUT2D eigenvalue weighted by Crippen LogP contribution is -2.49. The van der Waals surface area contributed by atoms with E-state index >= 15 is 0 Å². The summed E-state index contributed by atoms with van der Waals surface area (Å²) >= 11 is 0. The number of hydrogen-bond acceptors (Lipinski definition) is 2. The molecule has 0 aromatic carbocycles. The minimum absolute atomic E-state index is 0.0127. The van der Waals surface area contributed by atoms with Gasteiger partial charge in [-0.1, -0.05) is 20.8 Å². The quantitative estimate of drug-likeness (QED) is 0.667. The Labute approximate surface area is 92.4 Å². The van der Waals surface area contributed by atoms with E-state index in [0.29, 0.717) is 6.42 Å². The summed E-state index contributed by atoms with van der Waals surface area (Å²) in [5.41, 5.74) is -0.0446. The molecule has 1 atom stereocenters. The van der Waals surface area contributed by atoms with Crippen LogP contribution >= 0.6 is 0 Å². The zero-order valence-electron chi connectivity index (χ0n) is 10.4. The lowest BCUT2D eigenvalue weighted by molar-refractivity contribution is 0.188. The Bertz CT molecular complexity index is 197. The van der Waals surface area contributed by atoms with Gasteiger partial charge in [0.05, 0.1) is 0 Å². The summed E-state index contributed by atoms with van der Waals surface area (Å²) in [6, 6.07) is -0.0561. The first-order valence-corrected chi connectivity index (χ1v) is 5.45. The number of carbonyl (C=O) groups excluding carboxylic acids is 1. The molecule has 90 valence electrons. The van der Waals surface area contributed by atoms with E-state index in [2.05, 4.69) is 10.6 Å². The van der Waals surface area contributed by atoms with Crippen LogP contribution in [0.15, 0.2) is 0 Å². The summed E-state index contributed by atoms with van der Waals surface area (Å²) in [6.07, 6.45) is 0.578. The third kappa shape index (κ3) is 6.33. The van der Waals surface area contributed by atoms with Crippen LogP contribution in [0.25, 0.3) is 0 Å². The van der Waals surface area contributed by atoms with Crippen molar-refractivity contribution in [1.82, 2.24) is 10.6 Å². The third-order valence-corrected chi connectivity index (χ3v) is 2.19. The molecule has 0 heterocycles. The van der Waals surface area contributed by atoms with Gasteiger partial charge in [0.2, 0.25) is 0 Å². The van der Waals surface area contributed by atoms with Gasteiger partial charge >= 0.3 is 6.03 Å². The molecular formula is C11H24N2O2. The lowest BCUT2D eigenvalue weighted by atomic mass is 9.85. The Morgan fingerprint density at radius 1 is 1.27 bits per heavy atom. The van der Waals surface area contributed by atoms with Crippen molar-refractivity contribution in [2.75, 3.05) is 6.61 Å². The topological polar surface area (TPSA) is 61.4 Å². The van der Waals surface area contributed by atoms with Crippen LogP contribution < -0.4 is 10.6 Å². The molecule has 0 aromatic rings. The van der Waals surface area contributed by atoms with E-state index in [1.54, 1.807) is 0 Å². The summed E-state index contributed by atoms with van der Waals surface area (Å²) in [5.74, 6) is 0. The molecular weight excluding hydrogens is 192 g/mol. The number of hydrogen-bond donors (Lipinski definition) is 3. The van der Waals surface area contributed by atoms with Gasteiger partial charge in [0, 0.05) is 18.7 Å². The first-order chi connectivity index (χ1) is 6.77. The predicted molar refractivity (Wildman–Crippen MR) is 61.7 cm³/mol. The summed E-state index contributed by atoms with van der Waals surface area (Å²) in [6.45, 7) is 10.0. The molecule has 4 nitrogen and oxygen atoms in total. The number of rotatable bonds is 4. The number of carbonyl (C=O) groups is 1. The zero-order chi connectivity index (χ0) is 12.1. The van der Waals surface area contributed by atoms with Crippen LogP contribution in [-0.2, 0) is 0 Å². The molecule has 4 heteroatoms. The van der Waals surface area contributed by atoms with Crippen molar-refractivity contribution in [2.24, 2.45) is 5.41 Å². The molecule has 3 N–H and O–H groups in total. The standard InChI is InChI=1S/C11H24N2O2/c1-8(2)12-10(15)13-9(6-7-14)11(3,4)5/h8-9,14H,6-7H2,1-5H3,(H2,12,13,15). The molecule has 0 aromatic heterocycles. The van der Waals surface area contributed by atoms with E-state index in [0.717, 1.165) is 0 Å². The molecule has 0 aliphatic carbocycles. The van der Waals surface area contributed by atoms with Gasteiger partial charge in [0.25, 0.3) is 0 Å². The van der Waals surface area contributed by atoms with Crippen LogP contribution in [0, 0.1) is 5.41 Å². The zero-order valence-corrected chi connectivity index (χ0v) is 10.4. The van der Waals surface area contributed by atoms with Crippen molar-refractivity contribution < 1.29 is 9.90 Å². The van der Waals surface area contributed by atoms with Crippen LogP contribution in [0.2, 0.25) is 0 Å². The van der Waals surface area contributed by atoms with E-state index in [-0.39, 0.29) is 30.1 Å². The van der Waals surface area contributed by atoms with Gasteiger partial charge in [-0.25, -0.2) is 4.79 Å². The van der Waals surface area contributed by atoms with Crippen LogP contribution in [0.3, 0.4) is 0 Å². The van der Waals surface area contributed by atoms with Gasteiger partial charge in [0.1, 0.15) is 0 Å². The molecule has 15 heavy (non-hydrogen) atoms. The van der Waals surface area contributed by atoms with Crippen molar-refractivity contribution in [3.63, 3.8) is 0 Å². The highest BCUT2D eigenvalue weighted by Gasteiger charge is 2.25. The van der Waals surface area contributed by atoms with Crippen molar-refractivity contribution in [1.29, 1.82) is 0 Å². The van der Waals surface area contributed by atoms with E-state index in [4.69, 9.17) is 5.11 Å². The van der Waals surface area contributed by atoms with Crippen LogP contribution in [0.5, 0.6) is 0 Å². The fourth-order valence-electron chi connectivity index (χ4n) is 1.31. The molecule has 1 unspecified atom stereocenters. The lowest BCUT2D eigenvalue weighted by Gasteiger charge is -2.31. The van der Waals surface area contributed by atoms with Crippen molar-refractivity contribution in [3.8, 4) is 0 Å². The molecule has 0 saturated carbocycles. The predicted octanol–water partition coefficient (Wildman–Crippen LogP) is 1.49.